The number of hydrogen-bond donors (Lipinski definition) is 0. The fraction of sp³-hybridized carbons (Fsp3) is 0.0769. The van der Waals surface area contributed by atoms with E-state index in [9.17, 15) is 10.1 Å². The van der Waals surface area contributed by atoms with E-state index in [1.54, 1.807) is 6.07 Å². The van der Waals surface area contributed by atoms with Crippen LogP contribution in [0.2, 0.25) is 5.15 Å². The second-order valence-corrected chi connectivity index (χ2v) is 5.63. The maximum Gasteiger partial charge on any atom is 0.278 e. The Morgan fingerprint density at radius 3 is 2.85 bits per heavy atom. The van der Waals surface area contributed by atoms with Gasteiger partial charge in [-0.15, -0.1) is 11.3 Å². The van der Waals surface area contributed by atoms with Crippen LogP contribution in [0, 0.1) is 17.0 Å². The van der Waals surface area contributed by atoms with Crippen LogP contribution in [-0.4, -0.2) is 14.9 Å². The van der Waals surface area contributed by atoms with Crippen LogP contribution in [0.1, 0.15) is 5.56 Å². The lowest BCUT2D eigenvalue weighted by molar-refractivity contribution is -0.384. The number of benzene rings is 1. The minimum atomic E-state index is -0.375. The molecule has 0 amide bonds. The molecule has 0 saturated carbocycles. The molecule has 7 heteroatoms. The summed E-state index contributed by atoms with van der Waals surface area (Å²) in [7, 11) is 0. The number of nitrogens with zero attached hydrogens (tertiary/aromatic N) is 3. The standard InChI is InChI=1S/C13H8ClN3O2S/c1-7-3-2-4-9(17(18)19)11(7)10-5-8-12(20-10)13(14)16-6-15-8/h2-6H,1H3. The molecular weight excluding hydrogens is 298 g/mol. The van der Waals surface area contributed by atoms with Crippen molar-refractivity contribution in [3.8, 4) is 10.4 Å². The van der Waals surface area contributed by atoms with Gasteiger partial charge in [0.2, 0.25) is 0 Å². The predicted molar refractivity (Wildman–Crippen MR) is 79.3 cm³/mol. The molecule has 2 aromatic heterocycles. The monoisotopic (exact) mass is 305 g/mol. The molecule has 2 heterocycles. The number of nitro groups is 1. The third kappa shape index (κ3) is 2.03. The number of hydrogen-bond acceptors (Lipinski definition) is 5. The van der Waals surface area contributed by atoms with Crippen molar-refractivity contribution >= 4 is 38.8 Å². The minimum Gasteiger partial charge on any atom is -0.258 e. The molecule has 100 valence electrons. The Hall–Kier alpha value is -2.05. The van der Waals surface area contributed by atoms with Crippen LogP contribution < -0.4 is 0 Å². The zero-order chi connectivity index (χ0) is 14.3. The van der Waals surface area contributed by atoms with Gasteiger partial charge in [0.1, 0.15) is 11.5 Å². The van der Waals surface area contributed by atoms with Crippen molar-refractivity contribution in [1.82, 2.24) is 9.97 Å². The lowest BCUT2D eigenvalue weighted by atomic mass is 10.1. The first-order valence-corrected chi connectivity index (χ1v) is 6.92. The SMILES string of the molecule is Cc1cccc([N+](=O)[O-])c1-c1cc2ncnc(Cl)c2s1. The topological polar surface area (TPSA) is 68.9 Å². The normalized spacial score (nSPS) is 10.9. The fourth-order valence-electron chi connectivity index (χ4n) is 2.07. The number of rotatable bonds is 2. The molecule has 0 atom stereocenters. The molecular formula is C13H8ClN3O2S. The van der Waals surface area contributed by atoms with Crippen LogP contribution in [0.3, 0.4) is 0 Å². The van der Waals surface area contributed by atoms with Gasteiger partial charge in [0.25, 0.3) is 5.69 Å². The Labute approximate surface area is 123 Å². The smallest absolute Gasteiger partial charge is 0.258 e. The van der Waals surface area contributed by atoms with Crippen molar-refractivity contribution in [3.05, 3.63) is 51.4 Å². The maximum absolute atomic E-state index is 11.2. The Morgan fingerprint density at radius 2 is 2.15 bits per heavy atom. The fourth-order valence-corrected chi connectivity index (χ4v) is 3.44. The highest BCUT2D eigenvalue weighted by atomic mass is 35.5. The Balaban J connectivity index is 2.31. The van der Waals surface area contributed by atoms with Gasteiger partial charge in [-0.05, 0) is 18.6 Å². The molecule has 0 saturated heterocycles. The number of halogens is 1. The van der Waals surface area contributed by atoms with E-state index in [1.165, 1.54) is 23.7 Å². The highest BCUT2D eigenvalue weighted by Crippen LogP contribution is 2.40. The largest absolute Gasteiger partial charge is 0.278 e. The molecule has 20 heavy (non-hydrogen) atoms. The van der Waals surface area contributed by atoms with Crippen molar-refractivity contribution < 1.29 is 4.92 Å². The van der Waals surface area contributed by atoms with E-state index >= 15 is 0 Å². The molecule has 0 fully saturated rings. The van der Waals surface area contributed by atoms with Gasteiger partial charge in [-0.2, -0.15) is 0 Å². The molecule has 5 nitrogen and oxygen atoms in total. The van der Waals surface area contributed by atoms with Gasteiger partial charge in [0.05, 0.1) is 20.7 Å². The summed E-state index contributed by atoms with van der Waals surface area (Å²) in [6, 6.07) is 6.83. The summed E-state index contributed by atoms with van der Waals surface area (Å²) in [5.74, 6) is 0. The molecule has 3 aromatic rings. The molecule has 0 unspecified atom stereocenters. The van der Waals surface area contributed by atoms with Crippen molar-refractivity contribution in [2.24, 2.45) is 0 Å². The molecule has 0 aliphatic heterocycles. The molecule has 0 N–H and O–H groups in total. The van der Waals surface area contributed by atoms with E-state index in [0.29, 0.717) is 16.2 Å². The van der Waals surface area contributed by atoms with Crippen molar-refractivity contribution in [2.45, 2.75) is 6.92 Å². The summed E-state index contributed by atoms with van der Waals surface area (Å²) in [4.78, 5) is 19.6. The quantitative estimate of drug-likeness (QED) is 0.403. The highest BCUT2D eigenvalue weighted by molar-refractivity contribution is 7.22. The van der Waals surface area contributed by atoms with Crippen LogP contribution >= 0.6 is 22.9 Å². The Bertz CT molecular complexity index is 832. The van der Waals surface area contributed by atoms with Crippen molar-refractivity contribution in [3.63, 3.8) is 0 Å². The lowest BCUT2D eigenvalue weighted by Gasteiger charge is -2.03. The zero-order valence-electron chi connectivity index (χ0n) is 10.3. The molecule has 3 rings (SSSR count). The van der Waals surface area contributed by atoms with E-state index in [-0.39, 0.29) is 10.6 Å². The van der Waals surface area contributed by atoms with Crippen molar-refractivity contribution in [2.75, 3.05) is 0 Å². The average Bonchev–Trinajstić information content (AvgIpc) is 2.83. The molecule has 1 aromatic carbocycles. The van der Waals surface area contributed by atoms with Crippen LogP contribution in [-0.2, 0) is 0 Å². The molecule has 0 aliphatic carbocycles. The molecule has 0 bridgehead atoms. The molecule has 0 radical (unpaired) electrons. The summed E-state index contributed by atoms with van der Waals surface area (Å²) in [5.41, 5.74) is 2.23. The van der Waals surface area contributed by atoms with E-state index in [2.05, 4.69) is 9.97 Å². The molecule has 0 aliphatic rings. The first-order valence-electron chi connectivity index (χ1n) is 5.72. The second-order valence-electron chi connectivity index (χ2n) is 4.22. The summed E-state index contributed by atoms with van der Waals surface area (Å²) in [6.45, 7) is 1.85. The second kappa shape index (κ2) is 4.81. The van der Waals surface area contributed by atoms with Crippen LogP contribution in [0.5, 0.6) is 0 Å². The number of thiophene rings is 1. The van der Waals surface area contributed by atoms with Crippen LogP contribution in [0.15, 0.2) is 30.6 Å². The predicted octanol–water partition coefficient (Wildman–Crippen LogP) is 4.23. The van der Waals surface area contributed by atoms with E-state index in [4.69, 9.17) is 11.6 Å². The van der Waals surface area contributed by atoms with Crippen molar-refractivity contribution in [1.29, 1.82) is 0 Å². The van der Waals surface area contributed by atoms with Gasteiger partial charge >= 0.3 is 0 Å². The first kappa shape index (κ1) is 13.0. The van der Waals surface area contributed by atoms with Gasteiger partial charge in [-0.25, -0.2) is 9.97 Å². The van der Waals surface area contributed by atoms with Gasteiger partial charge < -0.3 is 0 Å². The lowest BCUT2D eigenvalue weighted by Crippen LogP contribution is -1.92. The third-order valence-electron chi connectivity index (χ3n) is 2.96. The number of aryl methyl sites for hydroxylation is 1. The van der Waals surface area contributed by atoms with Gasteiger partial charge in [0.15, 0.2) is 0 Å². The molecule has 0 spiro atoms. The number of nitro benzene ring substituents is 1. The number of fused-ring (bicyclic) bond motifs is 1. The highest BCUT2D eigenvalue weighted by Gasteiger charge is 2.20. The Morgan fingerprint density at radius 1 is 1.35 bits per heavy atom. The average molecular weight is 306 g/mol. The Kier molecular flexibility index (Phi) is 3.11. The first-order chi connectivity index (χ1) is 9.58. The van der Waals surface area contributed by atoms with E-state index in [1.807, 2.05) is 19.1 Å². The van der Waals surface area contributed by atoms with E-state index < -0.39 is 0 Å². The summed E-state index contributed by atoms with van der Waals surface area (Å²) < 4.78 is 0.738. The summed E-state index contributed by atoms with van der Waals surface area (Å²) in [6.07, 6.45) is 1.38. The minimum absolute atomic E-state index is 0.0839. The maximum atomic E-state index is 11.2. The van der Waals surface area contributed by atoms with Gasteiger partial charge in [-0.3, -0.25) is 10.1 Å². The third-order valence-corrected chi connectivity index (χ3v) is 4.51. The zero-order valence-corrected chi connectivity index (χ0v) is 11.9. The van der Waals surface area contributed by atoms with Gasteiger partial charge in [0, 0.05) is 10.9 Å². The van der Waals surface area contributed by atoms with E-state index in [0.717, 1.165) is 15.1 Å². The van der Waals surface area contributed by atoms with Gasteiger partial charge in [-0.1, -0.05) is 23.7 Å². The number of aromatic nitrogens is 2. The van der Waals surface area contributed by atoms with Crippen LogP contribution in [0.25, 0.3) is 20.7 Å². The van der Waals surface area contributed by atoms with Crippen LogP contribution in [0.4, 0.5) is 5.69 Å². The summed E-state index contributed by atoms with van der Waals surface area (Å²) >= 11 is 7.39. The summed E-state index contributed by atoms with van der Waals surface area (Å²) in [5, 5.41) is 11.5.